The Balaban J connectivity index is 1.89. The van der Waals surface area contributed by atoms with E-state index in [9.17, 15) is 14.4 Å². The second-order valence-electron chi connectivity index (χ2n) is 5.97. The lowest BCUT2D eigenvalue weighted by atomic mass is 9.92. The van der Waals surface area contributed by atoms with Gasteiger partial charge in [0, 0.05) is 21.2 Å². The van der Waals surface area contributed by atoms with E-state index in [2.05, 4.69) is 5.32 Å². The molecule has 3 rings (SSSR count). The molecule has 1 saturated heterocycles. The smallest absolute Gasteiger partial charge is 0.319 e. The van der Waals surface area contributed by atoms with Gasteiger partial charge < -0.3 is 5.32 Å². The number of benzene rings is 2. The third kappa shape index (κ3) is 3.18. The Morgan fingerprint density at radius 3 is 2.42 bits per heavy atom. The van der Waals surface area contributed by atoms with E-state index < -0.39 is 29.8 Å². The molecule has 134 valence electrons. The van der Waals surface area contributed by atoms with Gasteiger partial charge in [0.15, 0.2) is 5.78 Å². The summed E-state index contributed by atoms with van der Waals surface area (Å²) in [7, 11) is 0. The largest absolute Gasteiger partial charge is 0.325 e. The van der Waals surface area contributed by atoms with Crippen molar-refractivity contribution in [1.29, 1.82) is 0 Å². The molecule has 1 heterocycles. The summed E-state index contributed by atoms with van der Waals surface area (Å²) >= 11 is 18.1. The van der Waals surface area contributed by atoms with Crippen molar-refractivity contribution in [2.45, 2.75) is 12.5 Å². The zero-order valence-corrected chi connectivity index (χ0v) is 15.8. The van der Waals surface area contributed by atoms with E-state index in [1.807, 2.05) is 0 Å². The van der Waals surface area contributed by atoms with Crippen molar-refractivity contribution in [2.75, 3.05) is 6.54 Å². The van der Waals surface area contributed by atoms with Crippen LogP contribution in [0.2, 0.25) is 15.1 Å². The number of nitrogens with one attached hydrogen (secondary N) is 1. The lowest BCUT2D eigenvalue weighted by Crippen LogP contribution is -2.41. The molecule has 2 aromatic rings. The van der Waals surface area contributed by atoms with Crippen LogP contribution in [0, 0.1) is 0 Å². The van der Waals surface area contributed by atoms with Crippen molar-refractivity contribution >= 4 is 52.5 Å². The standard InChI is InChI=1S/C18H13Cl3N2O3/c1-18(12-7-6-10(19)8-14(12)21)16(25)23(17(26)22-18)9-15(24)11-4-2-3-5-13(11)20/h2-8H,9H2,1H3,(H,22,26)/t18-/m1/s1. The molecule has 1 N–H and O–H groups in total. The van der Waals surface area contributed by atoms with Crippen LogP contribution >= 0.6 is 34.8 Å². The molecule has 1 atom stereocenters. The highest BCUT2D eigenvalue weighted by Crippen LogP contribution is 2.35. The zero-order valence-electron chi connectivity index (χ0n) is 13.6. The minimum atomic E-state index is -1.39. The van der Waals surface area contributed by atoms with Crippen molar-refractivity contribution in [3.8, 4) is 0 Å². The Morgan fingerprint density at radius 1 is 1.08 bits per heavy atom. The fourth-order valence-electron chi connectivity index (χ4n) is 2.83. The number of carbonyl (C=O) groups is 3. The highest BCUT2D eigenvalue weighted by molar-refractivity contribution is 6.35. The van der Waals surface area contributed by atoms with Gasteiger partial charge in [-0.15, -0.1) is 0 Å². The minimum Gasteiger partial charge on any atom is -0.319 e. The molecular formula is C18H13Cl3N2O3. The molecule has 0 bridgehead atoms. The summed E-state index contributed by atoms with van der Waals surface area (Å²) in [6, 6.07) is 10.4. The summed E-state index contributed by atoms with van der Waals surface area (Å²) in [6.07, 6.45) is 0. The molecule has 1 fully saturated rings. The van der Waals surface area contributed by atoms with E-state index >= 15 is 0 Å². The normalized spacial score (nSPS) is 19.6. The maximum Gasteiger partial charge on any atom is 0.325 e. The van der Waals surface area contributed by atoms with E-state index in [0.29, 0.717) is 10.6 Å². The van der Waals surface area contributed by atoms with Gasteiger partial charge in [0.25, 0.3) is 5.91 Å². The molecule has 8 heteroatoms. The van der Waals surface area contributed by atoms with Gasteiger partial charge in [0.2, 0.25) is 0 Å². The first-order chi connectivity index (χ1) is 12.2. The van der Waals surface area contributed by atoms with E-state index in [0.717, 1.165) is 4.90 Å². The summed E-state index contributed by atoms with van der Waals surface area (Å²) in [5, 5.41) is 3.51. The number of ketones is 1. The number of hydrogen-bond donors (Lipinski definition) is 1. The molecule has 1 aliphatic heterocycles. The van der Waals surface area contributed by atoms with Crippen LogP contribution in [0.5, 0.6) is 0 Å². The van der Waals surface area contributed by atoms with Crippen molar-refractivity contribution < 1.29 is 14.4 Å². The van der Waals surface area contributed by atoms with E-state index in [1.165, 1.54) is 13.0 Å². The highest BCUT2D eigenvalue weighted by atomic mass is 35.5. The number of hydrogen-bond acceptors (Lipinski definition) is 3. The maximum absolute atomic E-state index is 12.9. The fourth-order valence-corrected chi connectivity index (χ4v) is 3.67. The number of halogens is 3. The fraction of sp³-hybridized carbons (Fsp3) is 0.167. The van der Waals surface area contributed by atoms with Crippen LogP contribution in [0.4, 0.5) is 4.79 Å². The Kier molecular flexibility index (Phi) is 4.97. The number of Topliss-reactive ketones (excluding diaryl/α,β-unsaturated/α-hetero) is 1. The molecule has 5 nitrogen and oxygen atoms in total. The topological polar surface area (TPSA) is 66.5 Å². The molecular weight excluding hydrogens is 399 g/mol. The number of carbonyl (C=O) groups excluding carboxylic acids is 3. The molecule has 3 amide bonds. The Hall–Kier alpha value is -2.08. The molecule has 0 unspecified atom stereocenters. The number of amides is 3. The first-order valence-electron chi connectivity index (χ1n) is 7.61. The summed E-state index contributed by atoms with van der Waals surface area (Å²) in [5.74, 6) is -1.02. The predicted octanol–water partition coefficient (Wildman–Crippen LogP) is 4.30. The number of imide groups is 1. The summed E-state index contributed by atoms with van der Waals surface area (Å²) in [6.45, 7) is 1.11. The Bertz CT molecular complexity index is 932. The Morgan fingerprint density at radius 2 is 1.77 bits per heavy atom. The zero-order chi connectivity index (χ0) is 19.1. The van der Waals surface area contributed by atoms with Gasteiger partial charge in [-0.05, 0) is 31.2 Å². The molecule has 1 aliphatic rings. The quantitative estimate of drug-likeness (QED) is 0.602. The van der Waals surface area contributed by atoms with Gasteiger partial charge in [0.05, 0.1) is 11.6 Å². The second-order valence-corrected chi connectivity index (χ2v) is 7.22. The second kappa shape index (κ2) is 6.91. The van der Waals surface area contributed by atoms with Crippen LogP contribution in [0.25, 0.3) is 0 Å². The van der Waals surface area contributed by atoms with Gasteiger partial charge in [-0.25, -0.2) is 4.79 Å². The SMILES string of the molecule is C[C@]1(c2ccc(Cl)cc2Cl)NC(=O)N(CC(=O)c2ccccc2Cl)C1=O. The van der Waals surface area contributed by atoms with Crippen LogP contribution in [-0.4, -0.2) is 29.2 Å². The van der Waals surface area contributed by atoms with E-state index in [1.54, 1.807) is 36.4 Å². The van der Waals surface area contributed by atoms with Crippen LogP contribution in [0.1, 0.15) is 22.8 Å². The van der Waals surface area contributed by atoms with Crippen molar-refractivity contribution in [1.82, 2.24) is 10.2 Å². The summed E-state index contributed by atoms with van der Waals surface area (Å²) < 4.78 is 0. The van der Waals surface area contributed by atoms with Gasteiger partial charge in [0.1, 0.15) is 5.54 Å². The molecule has 26 heavy (non-hydrogen) atoms. The van der Waals surface area contributed by atoms with Crippen LogP contribution in [0.3, 0.4) is 0 Å². The molecule has 0 aliphatic carbocycles. The lowest BCUT2D eigenvalue weighted by Gasteiger charge is -2.23. The third-order valence-corrected chi connectivity index (χ3v) is 5.10. The number of rotatable bonds is 4. The lowest BCUT2D eigenvalue weighted by molar-refractivity contribution is -0.130. The number of urea groups is 1. The molecule has 0 radical (unpaired) electrons. The van der Waals surface area contributed by atoms with Gasteiger partial charge in [-0.1, -0.05) is 53.0 Å². The van der Waals surface area contributed by atoms with Crippen molar-refractivity contribution in [3.63, 3.8) is 0 Å². The van der Waals surface area contributed by atoms with Gasteiger partial charge in [-0.2, -0.15) is 0 Å². The van der Waals surface area contributed by atoms with Crippen molar-refractivity contribution in [3.05, 3.63) is 68.7 Å². The average Bonchev–Trinajstić information content (AvgIpc) is 2.79. The van der Waals surface area contributed by atoms with E-state index in [-0.39, 0.29) is 15.6 Å². The predicted molar refractivity (Wildman–Crippen MR) is 99.8 cm³/mol. The van der Waals surface area contributed by atoms with Crippen LogP contribution < -0.4 is 5.32 Å². The molecule has 0 aromatic heterocycles. The summed E-state index contributed by atoms with van der Waals surface area (Å²) in [4.78, 5) is 38.6. The first-order valence-corrected chi connectivity index (χ1v) is 8.75. The highest BCUT2D eigenvalue weighted by Gasteiger charge is 2.50. The van der Waals surface area contributed by atoms with Gasteiger partial charge >= 0.3 is 6.03 Å². The van der Waals surface area contributed by atoms with Gasteiger partial charge in [-0.3, -0.25) is 14.5 Å². The minimum absolute atomic E-state index is 0.243. The summed E-state index contributed by atoms with van der Waals surface area (Å²) in [5.41, 5.74) is -0.748. The van der Waals surface area contributed by atoms with Crippen LogP contribution in [0.15, 0.2) is 42.5 Å². The monoisotopic (exact) mass is 410 g/mol. The average molecular weight is 412 g/mol. The molecule has 0 saturated carbocycles. The van der Waals surface area contributed by atoms with E-state index in [4.69, 9.17) is 34.8 Å². The Labute approximate surface area is 164 Å². The first kappa shape index (κ1) is 18.7. The van der Waals surface area contributed by atoms with Crippen molar-refractivity contribution in [2.24, 2.45) is 0 Å². The third-order valence-electron chi connectivity index (χ3n) is 4.22. The molecule has 2 aromatic carbocycles. The molecule has 0 spiro atoms. The van der Waals surface area contributed by atoms with Crippen LogP contribution in [-0.2, 0) is 10.3 Å². The maximum atomic E-state index is 12.9. The number of nitrogens with zero attached hydrogens (tertiary/aromatic N) is 1.